The van der Waals surface area contributed by atoms with E-state index in [1.807, 2.05) is 0 Å². The van der Waals surface area contributed by atoms with Crippen LogP contribution in [0.4, 0.5) is 0 Å². The van der Waals surface area contributed by atoms with Crippen LogP contribution in [0.5, 0.6) is 0 Å². The standard InChI is InChI=1S/C8H12N2O2/c1-8(2,5-11)3-6(4-9)7(10)12/h3,11H,5H2,1-2H3,(H2,10,12). The Morgan fingerprint density at radius 1 is 1.75 bits per heavy atom. The Hall–Kier alpha value is -1.34. The predicted molar refractivity (Wildman–Crippen MR) is 43.8 cm³/mol. The molecule has 1 amide bonds. The molecule has 0 bridgehead atoms. The number of rotatable bonds is 3. The first-order valence-electron chi connectivity index (χ1n) is 3.46. The van der Waals surface area contributed by atoms with Crippen molar-refractivity contribution >= 4 is 5.91 Å². The number of amides is 1. The van der Waals surface area contributed by atoms with Crippen LogP contribution in [0.2, 0.25) is 0 Å². The van der Waals surface area contributed by atoms with Crippen LogP contribution in [0.15, 0.2) is 11.6 Å². The molecule has 0 fully saturated rings. The first kappa shape index (κ1) is 10.7. The molecule has 0 heterocycles. The number of nitriles is 1. The molecule has 0 atom stereocenters. The SMILES string of the molecule is CC(C)(C=C(C#N)C(N)=O)CO. The molecule has 0 aliphatic carbocycles. The van der Waals surface area contributed by atoms with E-state index in [1.165, 1.54) is 6.08 Å². The summed E-state index contributed by atoms with van der Waals surface area (Å²) in [6.45, 7) is 3.27. The van der Waals surface area contributed by atoms with Crippen molar-refractivity contribution in [3.8, 4) is 6.07 Å². The number of nitrogens with two attached hydrogens (primary N) is 1. The third kappa shape index (κ3) is 3.17. The van der Waals surface area contributed by atoms with Gasteiger partial charge in [-0.05, 0) is 0 Å². The van der Waals surface area contributed by atoms with Crippen LogP contribution in [-0.2, 0) is 4.79 Å². The van der Waals surface area contributed by atoms with Crippen molar-refractivity contribution in [3.63, 3.8) is 0 Å². The number of hydrogen-bond donors (Lipinski definition) is 2. The van der Waals surface area contributed by atoms with Gasteiger partial charge < -0.3 is 10.8 Å². The second-order valence-electron chi connectivity index (χ2n) is 3.18. The number of primary amides is 1. The first-order valence-corrected chi connectivity index (χ1v) is 3.46. The molecule has 4 heteroatoms. The van der Waals surface area contributed by atoms with Crippen molar-refractivity contribution in [3.05, 3.63) is 11.6 Å². The molecular formula is C8H12N2O2. The number of carbonyl (C=O) groups is 1. The zero-order valence-electron chi connectivity index (χ0n) is 7.16. The summed E-state index contributed by atoms with van der Waals surface area (Å²) >= 11 is 0. The van der Waals surface area contributed by atoms with E-state index in [0.29, 0.717) is 0 Å². The maximum absolute atomic E-state index is 10.6. The number of aliphatic hydroxyl groups excluding tert-OH is 1. The fourth-order valence-corrected chi connectivity index (χ4v) is 0.595. The van der Waals surface area contributed by atoms with E-state index in [0.717, 1.165) is 0 Å². The molecule has 3 N–H and O–H groups in total. The van der Waals surface area contributed by atoms with Gasteiger partial charge in [0, 0.05) is 5.41 Å². The molecule has 0 saturated carbocycles. The molecule has 12 heavy (non-hydrogen) atoms. The van der Waals surface area contributed by atoms with Gasteiger partial charge in [0.05, 0.1) is 6.61 Å². The normalized spacial score (nSPS) is 12.3. The highest BCUT2D eigenvalue weighted by Crippen LogP contribution is 2.17. The summed E-state index contributed by atoms with van der Waals surface area (Å²) in [4.78, 5) is 10.6. The number of carbonyl (C=O) groups excluding carboxylic acids is 1. The lowest BCUT2D eigenvalue weighted by atomic mass is 9.92. The van der Waals surface area contributed by atoms with Crippen LogP contribution in [-0.4, -0.2) is 17.6 Å². The maximum atomic E-state index is 10.6. The van der Waals surface area contributed by atoms with Gasteiger partial charge in [0.15, 0.2) is 0 Å². The highest BCUT2D eigenvalue weighted by molar-refractivity contribution is 5.95. The second-order valence-corrected chi connectivity index (χ2v) is 3.18. The molecule has 0 aliphatic heterocycles. The van der Waals surface area contributed by atoms with E-state index >= 15 is 0 Å². The minimum absolute atomic E-state index is 0.117. The molecule has 0 aliphatic rings. The Kier molecular flexibility index (Phi) is 3.45. The summed E-state index contributed by atoms with van der Waals surface area (Å²) in [6, 6.07) is 1.67. The number of nitrogens with zero attached hydrogens (tertiary/aromatic N) is 1. The minimum atomic E-state index is -0.765. The Balaban J connectivity index is 4.75. The quantitative estimate of drug-likeness (QED) is 0.457. The number of hydrogen-bond acceptors (Lipinski definition) is 3. The van der Waals surface area contributed by atoms with E-state index < -0.39 is 11.3 Å². The van der Waals surface area contributed by atoms with Crippen LogP contribution in [0.1, 0.15) is 13.8 Å². The van der Waals surface area contributed by atoms with Gasteiger partial charge >= 0.3 is 0 Å². The molecule has 0 aromatic carbocycles. The molecule has 0 aromatic rings. The summed E-state index contributed by atoms with van der Waals surface area (Å²) in [5.41, 5.74) is 4.20. The van der Waals surface area contributed by atoms with Gasteiger partial charge in [-0.25, -0.2) is 0 Å². The Morgan fingerprint density at radius 3 is 2.50 bits per heavy atom. The van der Waals surface area contributed by atoms with E-state index in [2.05, 4.69) is 0 Å². The second kappa shape index (κ2) is 3.88. The lowest BCUT2D eigenvalue weighted by Gasteiger charge is -2.15. The molecule has 0 aromatic heterocycles. The summed E-state index contributed by atoms with van der Waals surface area (Å²) in [7, 11) is 0. The molecule has 0 saturated heterocycles. The highest BCUT2D eigenvalue weighted by atomic mass is 16.3. The molecule has 0 radical (unpaired) electrons. The fraction of sp³-hybridized carbons (Fsp3) is 0.500. The van der Waals surface area contributed by atoms with Crippen molar-refractivity contribution in [2.24, 2.45) is 11.1 Å². The average molecular weight is 168 g/mol. The van der Waals surface area contributed by atoms with Gasteiger partial charge in [0.25, 0.3) is 5.91 Å². The van der Waals surface area contributed by atoms with E-state index in [1.54, 1.807) is 19.9 Å². The highest BCUT2D eigenvalue weighted by Gasteiger charge is 2.16. The van der Waals surface area contributed by atoms with Crippen molar-refractivity contribution < 1.29 is 9.90 Å². The number of aliphatic hydroxyl groups is 1. The van der Waals surface area contributed by atoms with Gasteiger partial charge in [-0.2, -0.15) is 5.26 Å². The monoisotopic (exact) mass is 168 g/mol. The largest absolute Gasteiger partial charge is 0.395 e. The van der Waals surface area contributed by atoms with Crippen LogP contribution in [0, 0.1) is 16.7 Å². The summed E-state index contributed by atoms with van der Waals surface area (Å²) in [6.07, 6.45) is 1.37. The predicted octanol–water partition coefficient (Wildman–Crippen LogP) is -0.0598. The van der Waals surface area contributed by atoms with E-state index in [-0.39, 0.29) is 12.2 Å². The molecule has 66 valence electrons. The fourth-order valence-electron chi connectivity index (χ4n) is 0.595. The van der Waals surface area contributed by atoms with Gasteiger partial charge in [-0.15, -0.1) is 0 Å². The Labute approximate surface area is 71.3 Å². The average Bonchev–Trinajstić information content (AvgIpc) is 2.00. The van der Waals surface area contributed by atoms with Crippen LogP contribution >= 0.6 is 0 Å². The van der Waals surface area contributed by atoms with Crippen LogP contribution in [0.3, 0.4) is 0 Å². The van der Waals surface area contributed by atoms with Crippen molar-refractivity contribution in [2.45, 2.75) is 13.8 Å². The lowest BCUT2D eigenvalue weighted by molar-refractivity contribution is -0.114. The summed E-state index contributed by atoms with van der Waals surface area (Å²) < 4.78 is 0. The molecular weight excluding hydrogens is 156 g/mol. The zero-order valence-corrected chi connectivity index (χ0v) is 7.16. The van der Waals surface area contributed by atoms with E-state index in [9.17, 15) is 4.79 Å². The first-order chi connectivity index (χ1) is 5.43. The van der Waals surface area contributed by atoms with E-state index in [4.69, 9.17) is 16.1 Å². The Morgan fingerprint density at radius 2 is 2.25 bits per heavy atom. The van der Waals surface area contributed by atoms with Crippen molar-refractivity contribution in [1.82, 2.24) is 0 Å². The van der Waals surface area contributed by atoms with Crippen molar-refractivity contribution in [1.29, 1.82) is 5.26 Å². The molecule has 0 rings (SSSR count). The summed E-state index contributed by atoms with van der Waals surface area (Å²) in [5.74, 6) is -0.765. The summed E-state index contributed by atoms with van der Waals surface area (Å²) in [5, 5.41) is 17.3. The molecule has 4 nitrogen and oxygen atoms in total. The minimum Gasteiger partial charge on any atom is -0.395 e. The van der Waals surface area contributed by atoms with Gasteiger partial charge in [0.1, 0.15) is 11.6 Å². The smallest absolute Gasteiger partial charge is 0.259 e. The van der Waals surface area contributed by atoms with Crippen LogP contribution in [0.25, 0.3) is 0 Å². The maximum Gasteiger partial charge on any atom is 0.259 e. The van der Waals surface area contributed by atoms with Crippen LogP contribution < -0.4 is 5.73 Å². The topological polar surface area (TPSA) is 87.1 Å². The lowest BCUT2D eigenvalue weighted by Crippen LogP contribution is -2.19. The Bertz CT molecular complexity index is 248. The third-order valence-electron chi connectivity index (χ3n) is 1.33. The van der Waals surface area contributed by atoms with Crippen molar-refractivity contribution in [2.75, 3.05) is 6.61 Å². The van der Waals surface area contributed by atoms with Gasteiger partial charge in [-0.3, -0.25) is 4.79 Å². The van der Waals surface area contributed by atoms with Gasteiger partial charge in [0.2, 0.25) is 0 Å². The third-order valence-corrected chi connectivity index (χ3v) is 1.33. The molecule has 0 unspecified atom stereocenters. The van der Waals surface area contributed by atoms with Gasteiger partial charge in [-0.1, -0.05) is 19.9 Å². The molecule has 0 spiro atoms. The zero-order chi connectivity index (χ0) is 9.78.